The summed E-state index contributed by atoms with van der Waals surface area (Å²) in [5.74, 6) is 1.20. The third-order valence-electron chi connectivity index (χ3n) is 7.36. The van der Waals surface area contributed by atoms with Crippen molar-refractivity contribution in [1.29, 1.82) is 0 Å². The van der Waals surface area contributed by atoms with Crippen LogP contribution in [0.15, 0.2) is 77.4 Å². The normalized spacial score (nSPS) is 18.4. The van der Waals surface area contributed by atoms with E-state index in [2.05, 4.69) is 0 Å². The quantitative estimate of drug-likeness (QED) is 0.298. The van der Waals surface area contributed by atoms with Crippen LogP contribution in [-0.2, 0) is 14.3 Å². The van der Waals surface area contributed by atoms with Gasteiger partial charge in [0, 0.05) is 18.8 Å². The van der Waals surface area contributed by atoms with Crippen molar-refractivity contribution in [3.05, 3.63) is 78.8 Å². The summed E-state index contributed by atoms with van der Waals surface area (Å²) in [5, 5.41) is 0. The molecule has 1 unspecified atom stereocenters. The molecule has 0 radical (unpaired) electrons. The number of hydrogen-bond donors (Lipinski definition) is 0. The Hall–Kier alpha value is -4.27. The molecule has 5 rings (SSSR count). The van der Waals surface area contributed by atoms with Gasteiger partial charge in [0.05, 0.1) is 18.3 Å². The van der Waals surface area contributed by atoms with Gasteiger partial charge in [0.25, 0.3) is 0 Å². The average molecular weight is 533 g/mol. The first-order chi connectivity index (χ1) is 18.7. The van der Waals surface area contributed by atoms with E-state index in [1.165, 1.54) is 0 Å². The molecule has 0 saturated carbocycles. The maximum atomic E-state index is 13.7. The van der Waals surface area contributed by atoms with Crippen molar-refractivity contribution in [2.24, 2.45) is 5.41 Å². The smallest absolute Gasteiger partial charge is 0.415 e. The van der Waals surface area contributed by atoms with Crippen LogP contribution < -0.4 is 14.4 Å². The standard InChI is InChI=1S/C30H32N2O7/c1-4-36-27(34)29(2,3)39-23-14-12-21(13-15-23)32-25(24-11-8-20-37-24)30(26(32)33)16-18-31(19-17-30)28(35)38-22-9-6-5-7-10-22/h5-15,20,25H,4,16-19H2,1-3H3. The molecule has 204 valence electrons. The lowest BCUT2D eigenvalue weighted by atomic mass is 9.63. The molecule has 0 bridgehead atoms. The number of hydrogen-bond acceptors (Lipinski definition) is 7. The first-order valence-electron chi connectivity index (χ1n) is 13.1. The van der Waals surface area contributed by atoms with Gasteiger partial charge in [-0.05, 0) is 82.1 Å². The predicted molar refractivity (Wildman–Crippen MR) is 142 cm³/mol. The number of piperidine rings is 1. The summed E-state index contributed by atoms with van der Waals surface area (Å²) >= 11 is 0. The second kappa shape index (κ2) is 10.5. The summed E-state index contributed by atoms with van der Waals surface area (Å²) in [6.45, 7) is 6.11. The summed E-state index contributed by atoms with van der Waals surface area (Å²) in [6.07, 6.45) is 2.17. The molecular formula is C30H32N2O7. The number of furan rings is 1. The molecule has 3 heterocycles. The van der Waals surface area contributed by atoms with Crippen LogP contribution >= 0.6 is 0 Å². The van der Waals surface area contributed by atoms with Crippen molar-refractivity contribution in [2.75, 3.05) is 24.6 Å². The van der Waals surface area contributed by atoms with Crippen LogP contribution in [0.5, 0.6) is 11.5 Å². The Morgan fingerprint density at radius 1 is 0.974 bits per heavy atom. The molecule has 2 aromatic carbocycles. The zero-order valence-electron chi connectivity index (χ0n) is 22.3. The van der Waals surface area contributed by atoms with Gasteiger partial charge < -0.3 is 28.4 Å². The number of esters is 1. The van der Waals surface area contributed by atoms with Gasteiger partial charge in [0.15, 0.2) is 5.60 Å². The summed E-state index contributed by atoms with van der Waals surface area (Å²) < 4.78 is 22.2. The Morgan fingerprint density at radius 3 is 2.28 bits per heavy atom. The van der Waals surface area contributed by atoms with Crippen molar-refractivity contribution < 1.29 is 33.0 Å². The molecule has 39 heavy (non-hydrogen) atoms. The fraction of sp³-hybridized carbons (Fsp3) is 0.367. The number of rotatable bonds is 7. The molecule has 1 spiro atoms. The highest BCUT2D eigenvalue weighted by molar-refractivity contribution is 6.06. The van der Waals surface area contributed by atoms with Gasteiger partial charge in [0.2, 0.25) is 5.91 Å². The lowest BCUT2D eigenvalue weighted by Gasteiger charge is -2.57. The Kier molecular flexibility index (Phi) is 7.08. The van der Waals surface area contributed by atoms with Crippen molar-refractivity contribution in [3.63, 3.8) is 0 Å². The van der Waals surface area contributed by atoms with Crippen LogP contribution in [0.3, 0.4) is 0 Å². The fourth-order valence-corrected chi connectivity index (χ4v) is 5.31. The van der Waals surface area contributed by atoms with Crippen molar-refractivity contribution >= 4 is 23.7 Å². The molecule has 0 N–H and O–H groups in total. The maximum Gasteiger partial charge on any atom is 0.415 e. The fourth-order valence-electron chi connectivity index (χ4n) is 5.31. The predicted octanol–water partition coefficient (Wildman–Crippen LogP) is 5.37. The van der Waals surface area contributed by atoms with Crippen molar-refractivity contribution in [1.82, 2.24) is 4.90 Å². The number of benzene rings is 2. The van der Waals surface area contributed by atoms with E-state index in [-0.39, 0.29) is 18.6 Å². The maximum absolute atomic E-state index is 13.7. The number of β-lactam (4-membered cyclic amide) rings is 1. The van der Waals surface area contributed by atoms with Crippen LogP contribution in [0.25, 0.3) is 0 Å². The van der Waals surface area contributed by atoms with Crippen LogP contribution in [0.2, 0.25) is 0 Å². The average Bonchev–Trinajstić information content (AvgIpc) is 3.46. The zero-order valence-corrected chi connectivity index (χ0v) is 22.3. The van der Waals surface area contributed by atoms with Gasteiger partial charge in [-0.1, -0.05) is 18.2 Å². The summed E-state index contributed by atoms with van der Waals surface area (Å²) in [6, 6.07) is 19.4. The third-order valence-corrected chi connectivity index (χ3v) is 7.36. The number of nitrogens with zero attached hydrogens (tertiary/aromatic N) is 2. The number of anilines is 1. The number of likely N-dealkylation sites (tertiary alicyclic amines) is 1. The molecular weight excluding hydrogens is 500 g/mol. The lowest BCUT2D eigenvalue weighted by molar-refractivity contribution is -0.158. The molecule has 9 heteroatoms. The zero-order chi connectivity index (χ0) is 27.6. The molecule has 2 fully saturated rings. The molecule has 1 atom stereocenters. The largest absolute Gasteiger partial charge is 0.476 e. The van der Waals surface area contributed by atoms with Gasteiger partial charge in [-0.2, -0.15) is 0 Å². The third kappa shape index (κ3) is 4.96. The highest BCUT2D eigenvalue weighted by Crippen LogP contribution is 2.57. The monoisotopic (exact) mass is 532 g/mol. The summed E-state index contributed by atoms with van der Waals surface area (Å²) in [4.78, 5) is 42.0. The number of carbonyl (C=O) groups excluding carboxylic acids is 3. The van der Waals surface area contributed by atoms with E-state index in [0.717, 1.165) is 0 Å². The molecule has 0 aliphatic carbocycles. The minimum atomic E-state index is -1.15. The van der Waals surface area contributed by atoms with E-state index in [1.54, 1.807) is 73.2 Å². The highest BCUT2D eigenvalue weighted by Gasteiger charge is 2.63. The van der Waals surface area contributed by atoms with Gasteiger partial charge in [0.1, 0.15) is 23.3 Å². The topological polar surface area (TPSA) is 98.5 Å². The summed E-state index contributed by atoms with van der Waals surface area (Å²) in [5.41, 5.74) is -1.14. The van der Waals surface area contributed by atoms with Gasteiger partial charge in [-0.3, -0.25) is 4.79 Å². The molecule has 1 aromatic heterocycles. The second-order valence-electron chi connectivity index (χ2n) is 10.2. The Labute approximate surface area is 227 Å². The number of para-hydroxylation sites is 1. The van der Waals surface area contributed by atoms with Gasteiger partial charge >= 0.3 is 12.1 Å². The SMILES string of the molecule is CCOC(=O)C(C)(C)Oc1ccc(N2C(=O)C3(CCN(C(=O)Oc4ccccc4)CC3)C2c2ccco2)cc1. The first kappa shape index (κ1) is 26.3. The van der Waals surface area contributed by atoms with Crippen LogP contribution in [-0.4, -0.2) is 48.2 Å². The molecule has 2 aliphatic heterocycles. The van der Waals surface area contributed by atoms with E-state index in [0.29, 0.717) is 48.9 Å². The van der Waals surface area contributed by atoms with E-state index < -0.39 is 23.1 Å². The van der Waals surface area contributed by atoms with Crippen LogP contribution in [0.1, 0.15) is 45.4 Å². The van der Waals surface area contributed by atoms with E-state index in [9.17, 15) is 14.4 Å². The Bertz CT molecular complexity index is 1310. The molecule has 2 amide bonds. The number of ether oxygens (including phenoxy) is 3. The second-order valence-corrected chi connectivity index (χ2v) is 10.2. The minimum absolute atomic E-state index is 0.0134. The number of amides is 2. The van der Waals surface area contributed by atoms with E-state index in [4.69, 9.17) is 18.6 Å². The van der Waals surface area contributed by atoms with Crippen LogP contribution in [0, 0.1) is 5.41 Å². The van der Waals surface area contributed by atoms with Gasteiger partial charge in [-0.25, -0.2) is 9.59 Å². The Morgan fingerprint density at radius 2 is 1.67 bits per heavy atom. The minimum Gasteiger partial charge on any atom is -0.476 e. The summed E-state index contributed by atoms with van der Waals surface area (Å²) in [7, 11) is 0. The van der Waals surface area contributed by atoms with Crippen LogP contribution in [0.4, 0.5) is 10.5 Å². The van der Waals surface area contributed by atoms with Crippen molar-refractivity contribution in [3.8, 4) is 11.5 Å². The lowest BCUT2D eigenvalue weighted by Crippen LogP contribution is -2.67. The molecule has 3 aromatic rings. The van der Waals surface area contributed by atoms with Crippen molar-refractivity contribution in [2.45, 2.75) is 45.3 Å². The highest BCUT2D eigenvalue weighted by atomic mass is 16.6. The van der Waals surface area contributed by atoms with Gasteiger partial charge in [-0.15, -0.1) is 0 Å². The molecule has 9 nitrogen and oxygen atoms in total. The van der Waals surface area contributed by atoms with E-state index >= 15 is 0 Å². The Balaban J connectivity index is 1.30. The molecule has 2 saturated heterocycles. The number of carbonyl (C=O) groups is 3. The first-order valence-corrected chi connectivity index (χ1v) is 13.1. The van der Waals surface area contributed by atoms with E-state index in [1.807, 2.05) is 30.3 Å². The molecule has 2 aliphatic rings.